The molecule has 7 nitrogen and oxygen atoms in total. The van der Waals surface area contributed by atoms with Crippen LogP contribution in [0.3, 0.4) is 0 Å². The highest BCUT2D eigenvalue weighted by molar-refractivity contribution is 5.92. The van der Waals surface area contributed by atoms with Crippen molar-refractivity contribution in [3.8, 4) is 11.4 Å². The summed E-state index contributed by atoms with van der Waals surface area (Å²) < 4.78 is 18.2. The Bertz CT molecular complexity index is 1030. The maximum Gasteiger partial charge on any atom is 0.227 e. The first-order valence-electron chi connectivity index (χ1n) is 10.3. The summed E-state index contributed by atoms with van der Waals surface area (Å²) in [4.78, 5) is 31.0. The van der Waals surface area contributed by atoms with Crippen LogP contribution in [0.5, 0.6) is 0 Å². The molecule has 1 N–H and O–H groups in total. The number of amides is 2. The van der Waals surface area contributed by atoms with Crippen LogP contribution in [0.2, 0.25) is 0 Å². The predicted molar refractivity (Wildman–Crippen MR) is 112 cm³/mol. The van der Waals surface area contributed by atoms with Crippen molar-refractivity contribution in [2.45, 2.75) is 25.7 Å². The van der Waals surface area contributed by atoms with E-state index < -0.39 is 0 Å². The number of likely N-dealkylation sites (tertiary alicyclic amines) is 1. The second-order valence-electron chi connectivity index (χ2n) is 7.53. The van der Waals surface area contributed by atoms with Crippen LogP contribution in [0.1, 0.15) is 25.2 Å². The van der Waals surface area contributed by atoms with Crippen molar-refractivity contribution in [2.24, 2.45) is 5.92 Å². The van der Waals surface area contributed by atoms with Crippen molar-refractivity contribution in [2.75, 3.05) is 18.4 Å². The predicted octanol–water partition coefficient (Wildman–Crippen LogP) is 3.69. The van der Waals surface area contributed by atoms with E-state index in [0.717, 1.165) is 5.69 Å². The van der Waals surface area contributed by atoms with E-state index in [4.69, 9.17) is 4.52 Å². The van der Waals surface area contributed by atoms with Gasteiger partial charge in [0, 0.05) is 43.1 Å². The number of piperidine rings is 1. The molecule has 2 heterocycles. The van der Waals surface area contributed by atoms with Crippen LogP contribution in [-0.2, 0) is 16.0 Å². The first kappa shape index (κ1) is 20.7. The van der Waals surface area contributed by atoms with Gasteiger partial charge in [-0.2, -0.15) is 4.98 Å². The minimum atomic E-state index is -0.334. The van der Waals surface area contributed by atoms with Gasteiger partial charge in [-0.15, -0.1) is 0 Å². The van der Waals surface area contributed by atoms with Crippen molar-refractivity contribution < 1.29 is 18.5 Å². The lowest BCUT2D eigenvalue weighted by Crippen LogP contribution is -2.41. The molecule has 31 heavy (non-hydrogen) atoms. The molecule has 4 rings (SSSR count). The lowest BCUT2D eigenvalue weighted by molar-refractivity contribution is -0.134. The standard InChI is InChI=1S/C23H23FN4O3/c24-18-8-6-16(7-9-18)22-26-20(31-27-22)10-11-21(29)28-14-12-17(13-15-28)23(30)25-19-4-2-1-3-5-19/h1-9,17H,10-15H2,(H,25,30). The van der Waals surface area contributed by atoms with Crippen LogP contribution >= 0.6 is 0 Å². The van der Waals surface area contributed by atoms with Gasteiger partial charge in [0.1, 0.15) is 5.82 Å². The molecule has 2 aromatic carbocycles. The number of hydrogen-bond acceptors (Lipinski definition) is 5. The number of carbonyl (C=O) groups excluding carboxylic acids is 2. The Kier molecular flexibility index (Phi) is 6.35. The molecule has 1 saturated heterocycles. The molecule has 0 bridgehead atoms. The van der Waals surface area contributed by atoms with Crippen LogP contribution in [-0.4, -0.2) is 39.9 Å². The topological polar surface area (TPSA) is 88.3 Å². The number of hydrogen-bond donors (Lipinski definition) is 1. The second kappa shape index (κ2) is 9.51. The van der Waals surface area contributed by atoms with E-state index >= 15 is 0 Å². The minimum absolute atomic E-state index is 0.00233. The number of rotatable bonds is 6. The SMILES string of the molecule is O=C(Nc1ccccc1)C1CCN(C(=O)CCc2nc(-c3ccc(F)cc3)no2)CC1. The summed E-state index contributed by atoms with van der Waals surface area (Å²) in [7, 11) is 0. The van der Waals surface area contributed by atoms with Gasteiger partial charge in [-0.1, -0.05) is 23.4 Å². The summed E-state index contributed by atoms with van der Waals surface area (Å²) in [5.74, 6) is 0.302. The monoisotopic (exact) mass is 422 g/mol. The number of aromatic nitrogens is 2. The fraction of sp³-hybridized carbons (Fsp3) is 0.304. The Morgan fingerprint density at radius 2 is 1.77 bits per heavy atom. The summed E-state index contributed by atoms with van der Waals surface area (Å²) in [6.45, 7) is 1.10. The number of nitrogens with one attached hydrogen (secondary N) is 1. The molecular weight excluding hydrogens is 399 g/mol. The van der Waals surface area contributed by atoms with E-state index in [1.807, 2.05) is 30.3 Å². The third kappa shape index (κ3) is 5.33. The smallest absolute Gasteiger partial charge is 0.227 e. The first-order valence-corrected chi connectivity index (χ1v) is 10.3. The normalized spacial score (nSPS) is 14.4. The van der Waals surface area contributed by atoms with Gasteiger partial charge in [0.25, 0.3) is 0 Å². The second-order valence-corrected chi connectivity index (χ2v) is 7.53. The van der Waals surface area contributed by atoms with E-state index in [1.54, 1.807) is 17.0 Å². The molecule has 3 aromatic rings. The molecule has 160 valence electrons. The zero-order valence-electron chi connectivity index (χ0n) is 17.0. The van der Waals surface area contributed by atoms with Crippen molar-refractivity contribution in [1.29, 1.82) is 0 Å². The van der Waals surface area contributed by atoms with Crippen molar-refractivity contribution in [3.63, 3.8) is 0 Å². The lowest BCUT2D eigenvalue weighted by atomic mass is 9.95. The van der Waals surface area contributed by atoms with Crippen LogP contribution in [0, 0.1) is 11.7 Å². The number of benzene rings is 2. The Hall–Kier alpha value is -3.55. The van der Waals surface area contributed by atoms with E-state index in [0.29, 0.717) is 49.6 Å². The number of aryl methyl sites for hydroxylation is 1. The fourth-order valence-corrected chi connectivity index (χ4v) is 3.60. The Balaban J connectivity index is 1.23. The number of carbonyl (C=O) groups is 2. The van der Waals surface area contributed by atoms with Gasteiger partial charge in [-0.25, -0.2) is 4.39 Å². The third-order valence-corrected chi connectivity index (χ3v) is 5.38. The van der Waals surface area contributed by atoms with E-state index in [9.17, 15) is 14.0 Å². The molecular formula is C23H23FN4O3. The molecule has 1 aliphatic heterocycles. The van der Waals surface area contributed by atoms with Crippen molar-refractivity contribution in [1.82, 2.24) is 15.0 Å². The maximum atomic E-state index is 13.0. The molecule has 8 heteroatoms. The minimum Gasteiger partial charge on any atom is -0.343 e. The molecule has 0 radical (unpaired) electrons. The summed E-state index contributed by atoms with van der Waals surface area (Å²) >= 11 is 0. The summed E-state index contributed by atoms with van der Waals surface area (Å²) in [5, 5.41) is 6.82. The zero-order chi connectivity index (χ0) is 21.6. The zero-order valence-corrected chi connectivity index (χ0v) is 17.0. The average molecular weight is 422 g/mol. The van der Waals surface area contributed by atoms with Crippen LogP contribution in [0.15, 0.2) is 59.1 Å². The average Bonchev–Trinajstić information content (AvgIpc) is 3.28. The summed E-state index contributed by atoms with van der Waals surface area (Å²) in [6, 6.07) is 15.2. The van der Waals surface area contributed by atoms with Gasteiger partial charge in [0.05, 0.1) is 0 Å². The first-order chi connectivity index (χ1) is 15.1. The van der Waals surface area contributed by atoms with Crippen LogP contribution in [0.25, 0.3) is 11.4 Å². The van der Waals surface area contributed by atoms with Gasteiger partial charge in [0.15, 0.2) is 0 Å². The Labute approximate surface area is 179 Å². The van der Waals surface area contributed by atoms with Gasteiger partial charge in [-0.05, 0) is 49.2 Å². The highest BCUT2D eigenvalue weighted by atomic mass is 19.1. The molecule has 2 amide bonds. The van der Waals surface area contributed by atoms with Crippen LogP contribution in [0.4, 0.5) is 10.1 Å². The van der Waals surface area contributed by atoms with Crippen LogP contribution < -0.4 is 5.32 Å². The molecule has 0 atom stereocenters. The quantitative estimate of drug-likeness (QED) is 0.655. The highest BCUT2D eigenvalue weighted by Gasteiger charge is 2.27. The molecule has 1 fully saturated rings. The number of anilines is 1. The summed E-state index contributed by atoms with van der Waals surface area (Å²) in [6.07, 6.45) is 1.87. The number of nitrogens with zero attached hydrogens (tertiary/aromatic N) is 3. The lowest BCUT2D eigenvalue weighted by Gasteiger charge is -2.31. The maximum absolute atomic E-state index is 13.0. The molecule has 0 aliphatic carbocycles. The van der Waals surface area contributed by atoms with E-state index in [-0.39, 0.29) is 30.0 Å². The van der Waals surface area contributed by atoms with Gasteiger partial charge in [-0.3, -0.25) is 9.59 Å². The fourth-order valence-electron chi connectivity index (χ4n) is 3.60. The largest absolute Gasteiger partial charge is 0.343 e. The van der Waals surface area contributed by atoms with E-state index in [2.05, 4.69) is 15.5 Å². The van der Waals surface area contributed by atoms with Gasteiger partial charge < -0.3 is 14.7 Å². The van der Waals surface area contributed by atoms with Crippen molar-refractivity contribution in [3.05, 3.63) is 66.3 Å². The Morgan fingerprint density at radius 1 is 1.06 bits per heavy atom. The molecule has 1 aliphatic rings. The summed E-state index contributed by atoms with van der Waals surface area (Å²) in [5.41, 5.74) is 1.43. The van der Waals surface area contributed by atoms with E-state index in [1.165, 1.54) is 12.1 Å². The molecule has 1 aromatic heterocycles. The highest BCUT2D eigenvalue weighted by Crippen LogP contribution is 2.21. The van der Waals surface area contributed by atoms with Crippen molar-refractivity contribution >= 4 is 17.5 Å². The third-order valence-electron chi connectivity index (χ3n) is 5.38. The van der Waals surface area contributed by atoms with Gasteiger partial charge in [0.2, 0.25) is 23.5 Å². The molecule has 0 saturated carbocycles. The Morgan fingerprint density at radius 3 is 2.48 bits per heavy atom. The van der Waals surface area contributed by atoms with Gasteiger partial charge >= 0.3 is 0 Å². The number of halogens is 1. The number of para-hydroxylation sites is 1. The molecule has 0 spiro atoms. The molecule has 0 unspecified atom stereocenters.